The van der Waals surface area contributed by atoms with Crippen molar-refractivity contribution >= 4 is 22.8 Å². The van der Waals surface area contributed by atoms with E-state index in [1.807, 2.05) is 37.3 Å². The first kappa shape index (κ1) is 23.7. The number of amides is 2. The molecule has 176 valence electrons. The van der Waals surface area contributed by atoms with Crippen molar-refractivity contribution in [1.82, 2.24) is 9.91 Å². The van der Waals surface area contributed by atoms with Gasteiger partial charge in [0.15, 0.2) is 0 Å². The molecule has 2 N–H and O–H groups in total. The number of nitrogens with two attached hydrogens (primary N) is 1. The Morgan fingerprint density at radius 1 is 1.21 bits per heavy atom. The number of carbonyl (C=O) groups excluding carboxylic acids is 1. The summed E-state index contributed by atoms with van der Waals surface area (Å²) < 4.78 is 34.3. The maximum absolute atomic E-state index is 14.8. The van der Waals surface area contributed by atoms with Gasteiger partial charge < -0.3 is 15.4 Å². The SMILES string of the molecule is CC[C@H](CCN)C1(c2ccccc2)SC(c2cc(F)ccc2F)=NN1C(=O)N1CCOCC1. The van der Waals surface area contributed by atoms with Crippen LogP contribution in [0.1, 0.15) is 30.9 Å². The van der Waals surface area contributed by atoms with Gasteiger partial charge >= 0.3 is 6.03 Å². The summed E-state index contributed by atoms with van der Waals surface area (Å²) in [5, 5.41) is 6.40. The fourth-order valence-electron chi connectivity index (χ4n) is 4.45. The predicted octanol–water partition coefficient (Wildman–Crippen LogP) is 4.36. The highest BCUT2D eigenvalue weighted by atomic mass is 32.2. The van der Waals surface area contributed by atoms with Gasteiger partial charge in [-0.15, -0.1) is 0 Å². The summed E-state index contributed by atoms with van der Waals surface area (Å²) in [4.78, 5) is 14.6. The van der Waals surface area contributed by atoms with Crippen LogP contribution in [0.25, 0.3) is 0 Å². The van der Waals surface area contributed by atoms with Gasteiger partial charge in [0.25, 0.3) is 0 Å². The summed E-state index contributed by atoms with van der Waals surface area (Å²) in [5.41, 5.74) is 6.89. The van der Waals surface area contributed by atoms with E-state index in [-0.39, 0.29) is 22.6 Å². The molecule has 6 nitrogen and oxygen atoms in total. The third-order valence-corrected chi connectivity index (χ3v) is 7.68. The molecule has 0 saturated carbocycles. The van der Waals surface area contributed by atoms with Gasteiger partial charge in [-0.05, 0) is 49.1 Å². The molecule has 2 amide bonds. The topological polar surface area (TPSA) is 71.2 Å². The number of hydrogen-bond donors (Lipinski definition) is 1. The van der Waals surface area contributed by atoms with Crippen LogP contribution in [0, 0.1) is 17.6 Å². The Balaban J connectivity index is 1.88. The highest BCUT2D eigenvalue weighted by Gasteiger charge is 2.54. The van der Waals surface area contributed by atoms with Gasteiger partial charge in [0.05, 0.1) is 13.2 Å². The molecule has 0 radical (unpaired) electrons. The van der Waals surface area contributed by atoms with E-state index in [2.05, 4.69) is 5.10 Å². The second kappa shape index (κ2) is 10.2. The number of morpholine rings is 1. The minimum atomic E-state index is -0.946. The number of halogens is 2. The van der Waals surface area contributed by atoms with E-state index in [1.165, 1.54) is 16.8 Å². The van der Waals surface area contributed by atoms with Crippen molar-refractivity contribution in [1.29, 1.82) is 0 Å². The molecular formula is C24H28F2N4O2S. The average molecular weight is 475 g/mol. The van der Waals surface area contributed by atoms with Crippen LogP contribution in [0.3, 0.4) is 0 Å². The Morgan fingerprint density at radius 2 is 1.94 bits per heavy atom. The quantitative estimate of drug-likeness (QED) is 0.676. The van der Waals surface area contributed by atoms with Crippen LogP contribution >= 0.6 is 11.8 Å². The van der Waals surface area contributed by atoms with Crippen molar-refractivity contribution in [2.75, 3.05) is 32.8 Å². The van der Waals surface area contributed by atoms with Crippen molar-refractivity contribution in [2.24, 2.45) is 16.8 Å². The van der Waals surface area contributed by atoms with Gasteiger partial charge in [-0.3, -0.25) is 0 Å². The van der Waals surface area contributed by atoms with Crippen molar-refractivity contribution in [3.8, 4) is 0 Å². The molecule has 2 aromatic carbocycles. The summed E-state index contributed by atoms with van der Waals surface area (Å²) in [6, 6.07) is 12.6. The Kier molecular flexibility index (Phi) is 7.31. The van der Waals surface area contributed by atoms with Gasteiger partial charge in [0.1, 0.15) is 21.5 Å². The van der Waals surface area contributed by atoms with E-state index in [9.17, 15) is 13.6 Å². The van der Waals surface area contributed by atoms with Crippen LogP contribution in [-0.4, -0.2) is 53.8 Å². The number of urea groups is 1. The molecular weight excluding hydrogens is 446 g/mol. The Bertz CT molecular complexity index is 1020. The summed E-state index contributed by atoms with van der Waals surface area (Å²) in [7, 11) is 0. The van der Waals surface area contributed by atoms with E-state index in [0.717, 1.165) is 30.2 Å². The maximum atomic E-state index is 14.8. The molecule has 2 aliphatic rings. The molecule has 2 aliphatic heterocycles. The Morgan fingerprint density at radius 3 is 2.61 bits per heavy atom. The van der Waals surface area contributed by atoms with E-state index in [4.69, 9.17) is 10.5 Å². The van der Waals surface area contributed by atoms with Crippen molar-refractivity contribution in [3.63, 3.8) is 0 Å². The number of thioether (sulfide) groups is 1. The summed E-state index contributed by atoms with van der Waals surface area (Å²) in [5.74, 6) is -1.22. The van der Waals surface area contributed by atoms with E-state index in [0.29, 0.717) is 39.3 Å². The molecule has 0 aromatic heterocycles. The van der Waals surface area contributed by atoms with E-state index in [1.54, 1.807) is 4.90 Å². The molecule has 9 heteroatoms. The second-order valence-corrected chi connectivity index (χ2v) is 9.28. The van der Waals surface area contributed by atoms with Crippen LogP contribution < -0.4 is 5.73 Å². The van der Waals surface area contributed by atoms with E-state index >= 15 is 0 Å². The van der Waals surface area contributed by atoms with Crippen LogP contribution in [0.4, 0.5) is 13.6 Å². The first-order chi connectivity index (χ1) is 16.0. The molecule has 1 saturated heterocycles. The molecule has 0 bridgehead atoms. The van der Waals surface area contributed by atoms with Crippen molar-refractivity contribution < 1.29 is 18.3 Å². The lowest BCUT2D eigenvalue weighted by Gasteiger charge is -2.43. The number of ether oxygens (including phenoxy) is 1. The summed E-state index contributed by atoms with van der Waals surface area (Å²) in [6.07, 6.45) is 1.36. The molecule has 4 rings (SSSR count). The third-order valence-electron chi connectivity index (χ3n) is 6.13. The number of rotatable bonds is 6. The van der Waals surface area contributed by atoms with Crippen LogP contribution in [0.5, 0.6) is 0 Å². The molecule has 2 aromatic rings. The number of nitrogens with zero attached hydrogens (tertiary/aromatic N) is 3. The molecule has 1 fully saturated rings. The summed E-state index contributed by atoms with van der Waals surface area (Å²) >= 11 is 1.30. The minimum Gasteiger partial charge on any atom is -0.378 e. The zero-order valence-corrected chi connectivity index (χ0v) is 19.4. The minimum absolute atomic E-state index is 0.0418. The fraction of sp³-hybridized carbons (Fsp3) is 0.417. The highest BCUT2D eigenvalue weighted by Crippen LogP contribution is 2.54. The molecule has 33 heavy (non-hydrogen) atoms. The number of benzene rings is 2. The lowest BCUT2D eigenvalue weighted by Crippen LogP contribution is -2.54. The van der Waals surface area contributed by atoms with Crippen LogP contribution in [0.2, 0.25) is 0 Å². The normalized spacial score (nSPS) is 21.8. The highest BCUT2D eigenvalue weighted by molar-refractivity contribution is 8.15. The standard InChI is InChI=1S/C24H28F2N4O2S/c1-2-17(10-11-27)24(18-6-4-3-5-7-18)30(23(31)29-12-14-32-15-13-29)28-22(33-24)20-16-19(25)8-9-21(20)26/h3-9,16-17H,2,10-15,27H2,1H3/t17-,24?/m1/s1. The molecule has 0 spiro atoms. The molecule has 2 atom stereocenters. The van der Waals surface area contributed by atoms with Crippen molar-refractivity contribution in [3.05, 3.63) is 71.3 Å². The maximum Gasteiger partial charge on any atom is 0.342 e. The van der Waals surface area contributed by atoms with Crippen LogP contribution in [0.15, 0.2) is 53.6 Å². The number of carbonyl (C=O) groups is 1. The van der Waals surface area contributed by atoms with Gasteiger partial charge in [-0.25, -0.2) is 13.6 Å². The Labute approximate surface area is 196 Å². The fourth-order valence-corrected chi connectivity index (χ4v) is 6.04. The predicted molar refractivity (Wildman–Crippen MR) is 126 cm³/mol. The Hall–Kier alpha value is -2.49. The average Bonchev–Trinajstić information content (AvgIpc) is 3.26. The first-order valence-electron chi connectivity index (χ1n) is 11.2. The molecule has 2 heterocycles. The zero-order chi connectivity index (χ0) is 23.4. The van der Waals surface area contributed by atoms with Gasteiger partial charge in [0.2, 0.25) is 0 Å². The van der Waals surface area contributed by atoms with E-state index < -0.39 is 16.5 Å². The zero-order valence-electron chi connectivity index (χ0n) is 18.5. The van der Waals surface area contributed by atoms with Crippen molar-refractivity contribution in [2.45, 2.75) is 24.6 Å². The number of hydrazone groups is 1. The number of hydrogen-bond acceptors (Lipinski definition) is 5. The lowest BCUT2D eigenvalue weighted by atomic mass is 9.87. The second-order valence-electron chi connectivity index (χ2n) is 8.07. The van der Waals surface area contributed by atoms with Crippen LogP contribution in [-0.2, 0) is 9.61 Å². The monoisotopic (exact) mass is 474 g/mol. The third kappa shape index (κ3) is 4.49. The molecule has 0 aliphatic carbocycles. The van der Waals surface area contributed by atoms with Gasteiger partial charge in [-0.2, -0.15) is 10.1 Å². The smallest absolute Gasteiger partial charge is 0.342 e. The summed E-state index contributed by atoms with van der Waals surface area (Å²) in [6.45, 7) is 4.25. The molecule has 1 unspecified atom stereocenters. The van der Waals surface area contributed by atoms with Gasteiger partial charge in [-0.1, -0.05) is 49.0 Å². The largest absolute Gasteiger partial charge is 0.378 e. The first-order valence-corrected chi connectivity index (χ1v) is 12.0. The lowest BCUT2D eigenvalue weighted by molar-refractivity contribution is 0.0316. The van der Waals surface area contributed by atoms with Gasteiger partial charge in [0, 0.05) is 18.7 Å².